The zero-order valence-corrected chi connectivity index (χ0v) is 16.8. The van der Waals surface area contributed by atoms with Crippen molar-refractivity contribution < 1.29 is 17.6 Å². The molecule has 1 N–H and O–H groups in total. The van der Waals surface area contributed by atoms with Crippen LogP contribution in [-0.4, -0.2) is 48.1 Å². The van der Waals surface area contributed by atoms with Gasteiger partial charge in [0.2, 0.25) is 10.0 Å². The van der Waals surface area contributed by atoms with Crippen LogP contribution >= 0.6 is 0 Å². The van der Waals surface area contributed by atoms with Gasteiger partial charge in [-0.1, -0.05) is 6.07 Å². The van der Waals surface area contributed by atoms with Gasteiger partial charge in [0.1, 0.15) is 0 Å². The molecule has 8 nitrogen and oxygen atoms in total. The van der Waals surface area contributed by atoms with Crippen LogP contribution in [0.1, 0.15) is 29.0 Å². The predicted octanol–water partition coefficient (Wildman–Crippen LogP) is 2.36. The second kappa shape index (κ2) is 7.84. The van der Waals surface area contributed by atoms with Gasteiger partial charge in [0, 0.05) is 31.5 Å². The zero-order valence-electron chi connectivity index (χ0n) is 16.0. The molecule has 3 heterocycles. The number of rotatable bonds is 5. The van der Waals surface area contributed by atoms with Gasteiger partial charge in [0.05, 0.1) is 16.8 Å². The lowest BCUT2D eigenvalue weighted by Crippen LogP contribution is -2.49. The molecule has 1 saturated heterocycles. The van der Waals surface area contributed by atoms with Gasteiger partial charge in [-0.15, -0.1) is 0 Å². The summed E-state index contributed by atoms with van der Waals surface area (Å²) in [5, 5.41) is 4.16. The number of aromatic nitrogens is 2. The van der Waals surface area contributed by atoms with Crippen molar-refractivity contribution in [3.8, 4) is 5.69 Å². The van der Waals surface area contributed by atoms with Crippen molar-refractivity contribution >= 4 is 15.9 Å². The number of hydrogen-bond acceptors (Lipinski definition) is 5. The number of carbonyl (C=O) groups excluding carboxylic acids is 1. The number of piperidine rings is 1. The van der Waals surface area contributed by atoms with E-state index in [0.29, 0.717) is 37.2 Å². The molecular weight excluding hydrogens is 392 g/mol. The molecule has 1 amide bonds. The van der Waals surface area contributed by atoms with Gasteiger partial charge in [-0.3, -0.25) is 4.79 Å². The molecular formula is C20H22N4O4S. The average Bonchev–Trinajstić information content (AvgIpc) is 3.41. The maximum Gasteiger partial charge on any atom is 0.289 e. The van der Waals surface area contributed by atoms with Crippen molar-refractivity contribution in [3.05, 3.63) is 66.4 Å². The quantitative estimate of drug-likeness (QED) is 0.691. The van der Waals surface area contributed by atoms with Crippen LogP contribution in [0.2, 0.25) is 0 Å². The number of benzene rings is 1. The summed E-state index contributed by atoms with van der Waals surface area (Å²) in [5.74, 6) is 0.0343. The zero-order chi connectivity index (χ0) is 20.4. The van der Waals surface area contributed by atoms with Gasteiger partial charge in [-0.05, 0) is 55.7 Å². The second-order valence-corrected chi connectivity index (χ2v) is 8.77. The molecule has 2 aromatic heterocycles. The van der Waals surface area contributed by atoms with Crippen molar-refractivity contribution in [3.63, 3.8) is 0 Å². The Kier molecular flexibility index (Phi) is 5.25. The Labute approximate surface area is 169 Å². The molecule has 0 spiro atoms. The number of furan rings is 1. The fourth-order valence-electron chi connectivity index (χ4n) is 3.54. The molecule has 1 aromatic carbocycles. The van der Waals surface area contributed by atoms with Gasteiger partial charge >= 0.3 is 0 Å². The molecule has 0 radical (unpaired) electrons. The summed E-state index contributed by atoms with van der Waals surface area (Å²) >= 11 is 0. The highest BCUT2D eigenvalue weighted by Crippen LogP contribution is 2.21. The van der Waals surface area contributed by atoms with Crippen LogP contribution in [0.3, 0.4) is 0 Å². The first-order valence-electron chi connectivity index (χ1n) is 9.40. The van der Waals surface area contributed by atoms with Crippen molar-refractivity contribution in [2.45, 2.75) is 30.7 Å². The Morgan fingerprint density at radius 2 is 2.14 bits per heavy atom. The van der Waals surface area contributed by atoms with Crippen molar-refractivity contribution in [1.82, 2.24) is 19.4 Å². The van der Waals surface area contributed by atoms with E-state index < -0.39 is 10.0 Å². The lowest BCUT2D eigenvalue weighted by Gasteiger charge is -2.32. The normalized spacial score (nSPS) is 17.4. The van der Waals surface area contributed by atoms with E-state index in [1.54, 1.807) is 59.2 Å². The lowest BCUT2D eigenvalue weighted by molar-refractivity contribution is 0.0671. The van der Waals surface area contributed by atoms with Gasteiger partial charge in [0.25, 0.3) is 5.91 Å². The lowest BCUT2D eigenvalue weighted by atomic mass is 10.1. The first-order chi connectivity index (χ1) is 13.9. The minimum Gasteiger partial charge on any atom is -0.459 e. The highest BCUT2D eigenvalue weighted by atomic mass is 32.2. The number of amides is 1. The van der Waals surface area contributed by atoms with E-state index in [-0.39, 0.29) is 22.6 Å². The highest BCUT2D eigenvalue weighted by Gasteiger charge is 2.29. The fourth-order valence-corrected chi connectivity index (χ4v) is 5.07. The first-order valence-corrected chi connectivity index (χ1v) is 10.9. The summed E-state index contributed by atoms with van der Waals surface area (Å²) in [7, 11) is -3.76. The number of sulfonamides is 1. The summed E-state index contributed by atoms with van der Waals surface area (Å²) in [6, 6.07) is 9.89. The van der Waals surface area contributed by atoms with E-state index in [1.807, 2.05) is 6.07 Å². The molecule has 3 aromatic rings. The Bertz CT molecular complexity index is 1090. The molecule has 152 valence electrons. The summed E-state index contributed by atoms with van der Waals surface area (Å²) in [6.07, 6.45) is 6.23. The first kappa shape index (κ1) is 19.4. The minimum atomic E-state index is -3.76. The molecule has 0 saturated carbocycles. The maximum atomic E-state index is 13.1. The largest absolute Gasteiger partial charge is 0.459 e. The van der Waals surface area contributed by atoms with E-state index in [9.17, 15) is 13.2 Å². The third-order valence-corrected chi connectivity index (χ3v) is 6.66. The summed E-state index contributed by atoms with van der Waals surface area (Å²) in [4.78, 5) is 14.4. The molecule has 29 heavy (non-hydrogen) atoms. The van der Waals surface area contributed by atoms with E-state index in [4.69, 9.17) is 4.42 Å². The molecule has 0 bridgehead atoms. The number of hydrogen-bond donors (Lipinski definition) is 1. The van der Waals surface area contributed by atoms with Gasteiger partial charge in [-0.2, -0.15) is 5.10 Å². The SMILES string of the molecule is Cc1ccc(-n2cccn2)cc1S(=O)(=O)NC1CCCN(C(=O)c2ccco2)C1. The smallest absolute Gasteiger partial charge is 0.289 e. The summed E-state index contributed by atoms with van der Waals surface area (Å²) in [5.41, 5.74) is 1.31. The molecule has 1 atom stereocenters. The third kappa shape index (κ3) is 4.10. The summed E-state index contributed by atoms with van der Waals surface area (Å²) in [6.45, 7) is 2.64. The van der Waals surface area contributed by atoms with Crippen LogP contribution in [0.15, 0.2) is 64.4 Å². The Hall–Kier alpha value is -2.91. The fraction of sp³-hybridized carbons (Fsp3) is 0.300. The van der Waals surface area contributed by atoms with Crippen molar-refractivity contribution in [1.29, 1.82) is 0 Å². The summed E-state index contributed by atoms with van der Waals surface area (Å²) < 4.78 is 35.7. The Balaban J connectivity index is 1.53. The van der Waals surface area contributed by atoms with E-state index in [0.717, 1.165) is 0 Å². The average molecular weight is 414 g/mol. The molecule has 1 aliphatic heterocycles. The van der Waals surface area contributed by atoms with Crippen LogP contribution in [0.5, 0.6) is 0 Å². The van der Waals surface area contributed by atoms with Crippen LogP contribution in [-0.2, 0) is 10.0 Å². The topological polar surface area (TPSA) is 97.4 Å². The Morgan fingerprint density at radius 3 is 2.86 bits per heavy atom. The number of nitrogens with one attached hydrogen (secondary N) is 1. The van der Waals surface area contributed by atoms with Gasteiger partial charge in [-0.25, -0.2) is 17.8 Å². The van der Waals surface area contributed by atoms with Gasteiger partial charge in [0.15, 0.2) is 5.76 Å². The second-order valence-electron chi connectivity index (χ2n) is 7.09. The monoisotopic (exact) mass is 414 g/mol. The third-order valence-electron chi connectivity index (χ3n) is 4.99. The van der Waals surface area contributed by atoms with Crippen LogP contribution in [0.25, 0.3) is 5.69 Å². The van der Waals surface area contributed by atoms with Crippen LogP contribution in [0, 0.1) is 6.92 Å². The number of nitrogens with zero attached hydrogens (tertiary/aromatic N) is 3. The van der Waals surface area contributed by atoms with E-state index in [2.05, 4.69) is 9.82 Å². The van der Waals surface area contributed by atoms with E-state index in [1.165, 1.54) is 6.26 Å². The van der Waals surface area contributed by atoms with Crippen LogP contribution < -0.4 is 4.72 Å². The van der Waals surface area contributed by atoms with Crippen LogP contribution in [0.4, 0.5) is 0 Å². The molecule has 9 heteroatoms. The number of likely N-dealkylation sites (tertiary alicyclic amines) is 1. The molecule has 1 unspecified atom stereocenters. The van der Waals surface area contributed by atoms with Crippen molar-refractivity contribution in [2.75, 3.05) is 13.1 Å². The predicted molar refractivity (Wildman–Crippen MR) is 106 cm³/mol. The molecule has 1 aliphatic rings. The maximum absolute atomic E-state index is 13.1. The van der Waals surface area contributed by atoms with Crippen molar-refractivity contribution in [2.24, 2.45) is 0 Å². The molecule has 0 aliphatic carbocycles. The number of aryl methyl sites for hydroxylation is 1. The molecule has 4 rings (SSSR count). The Morgan fingerprint density at radius 1 is 1.28 bits per heavy atom. The van der Waals surface area contributed by atoms with Gasteiger partial charge < -0.3 is 9.32 Å². The van der Waals surface area contributed by atoms with E-state index >= 15 is 0 Å². The molecule has 1 fully saturated rings. The standard InChI is InChI=1S/C20H22N4O4S/c1-15-7-8-17(24-11-4-9-21-24)13-19(15)29(26,27)22-16-5-2-10-23(14-16)20(25)18-6-3-12-28-18/h3-4,6-9,11-13,16,22H,2,5,10,14H2,1H3. The minimum absolute atomic E-state index is 0.208. The number of carbonyl (C=O) groups is 1. The highest BCUT2D eigenvalue weighted by molar-refractivity contribution is 7.89.